The molecule has 0 bridgehead atoms. The lowest BCUT2D eigenvalue weighted by Gasteiger charge is -2.01. The van der Waals surface area contributed by atoms with Crippen molar-refractivity contribution in [3.05, 3.63) is 30.1 Å². The number of aliphatic hydroxyl groups excluding tert-OH is 1. The summed E-state index contributed by atoms with van der Waals surface area (Å²) in [5.74, 6) is -0.567. The number of aromatic amines is 1. The van der Waals surface area contributed by atoms with Crippen molar-refractivity contribution >= 4 is 17.0 Å². The van der Waals surface area contributed by atoms with Gasteiger partial charge in [-0.25, -0.2) is 4.79 Å². The number of carbonyl (C=O) groups excluding carboxylic acids is 1. The second kappa shape index (κ2) is 3.47. The van der Waals surface area contributed by atoms with E-state index in [-0.39, 0.29) is 0 Å². The molecule has 0 saturated heterocycles. The average molecular weight is 192 g/mol. The molecular formula is C9H8N2O3. The first-order valence-electron chi connectivity index (χ1n) is 4.03. The molecule has 5 nitrogen and oxygen atoms in total. The minimum atomic E-state index is -0.622. The van der Waals surface area contributed by atoms with Crippen LogP contribution in [-0.4, -0.2) is 27.8 Å². The zero-order chi connectivity index (χ0) is 9.97. The summed E-state index contributed by atoms with van der Waals surface area (Å²) in [7, 11) is 0. The topological polar surface area (TPSA) is 75.2 Å². The number of ether oxygens (including phenoxy) is 1. The van der Waals surface area contributed by atoms with Crippen LogP contribution in [0.5, 0.6) is 0 Å². The Hall–Kier alpha value is -1.88. The van der Waals surface area contributed by atoms with Gasteiger partial charge in [-0.3, -0.25) is 4.98 Å². The summed E-state index contributed by atoms with van der Waals surface area (Å²) >= 11 is 0. The maximum Gasteiger partial charge on any atom is 0.342 e. The van der Waals surface area contributed by atoms with E-state index in [4.69, 9.17) is 5.11 Å². The summed E-state index contributed by atoms with van der Waals surface area (Å²) in [6, 6.07) is 3.29. The van der Waals surface area contributed by atoms with Crippen molar-refractivity contribution in [2.24, 2.45) is 0 Å². The van der Waals surface area contributed by atoms with Crippen molar-refractivity contribution in [3.63, 3.8) is 0 Å². The van der Waals surface area contributed by atoms with Gasteiger partial charge in [0.25, 0.3) is 0 Å². The molecule has 2 aromatic rings. The number of esters is 1. The molecule has 72 valence electrons. The zero-order valence-electron chi connectivity index (χ0n) is 7.23. The van der Waals surface area contributed by atoms with Crippen LogP contribution in [-0.2, 0) is 4.74 Å². The van der Waals surface area contributed by atoms with Gasteiger partial charge in [-0.15, -0.1) is 0 Å². The predicted molar refractivity (Wildman–Crippen MR) is 48.6 cm³/mol. The highest BCUT2D eigenvalue weighted by molar-refractivity contribution is 6.01. The van der Waals surface area contributed by atoms with Crippen molar-refractivity contribution in [2.75, 3.05) is 6.79 Å². The highest BCUT2D eigenvalue weighted by Crippen LogP contribution is 2.14. The van der Waals surface area contributed by atoms with Crippen LogP contribution in [0.2, 0.25) is 0 Å². The van der Waals surface area contributed by atoms with Crippen molar-refractivity contribution in [1.82, 2.24) is 9.97 Å². The average Bonchev–Trinajstić information content (AvgIpc) is 2.65. The van der Waals surface area contributed by atoms with Crippen LogP contribution in [0.3, 0.4) is 0 Å². The number of nitrogens with zero attached hydrogens (tertiary/aromatic N) is 1. The van der Waals surface area contributed by atoms with Crippen LogP contribution in [0.15, 0.2) is 24.5 Å². The van der Waals surface area contributed by atoms with E-state index >= 15 is 0 Å². The first kappa shape index (κ1) is 8.71. The molecule has 0 aliphatic heterocycles. The van der Waals surface area contributed by atoms with Crippen molar-refractivity contribution in [1.29, 1.82) is 0 Å². The van der Waals surface area contributed by atoms with E-state index in [1.165, 1.54) is 12.3 Å². The van der Waals surface area contributed by atoms with Gasteiger partial charge in [0, 0.05) is 12.4 Å². The number of carbonyl (C=O) groups is 1. The number of H-pyrrole nitrogens is 1. The van der Waals surface area contributed by atoms with Gasteiger partial charge in [0.2, 0.25) is 0 Å². The number of hydrogen-bond acceptors (Lipinski definition) is 4. The molecule has 2 rings (SSSR count). The monoisotopic (exact) mass is 192 g/mol. The Morgan fingerprint density at radius 2 is 2.43 bits per heavy atom. The maximum absolute atomic E-state index is 11.3. The number of hydrogen-bond donors (Lipinski definition) is 2. The minimum Gasteiger partial charge on any atom is -0.435 e. The minimum absolute atomic E-state index is 0.369. The van der Waals surface area contributed by atoms with Gasteiger partial charge in [0.15, 0.2) is 6.79 Å². The summed E-state index contributed by atoms with van der Waals surface area (Å²) < 4.78 is 4.47. The number of aliphatic hydroxyl groups is 1. The molecule has 2 N–H and O–H groups in total. The molecule has 0 saturated carbocycles. The van der Waals surface area contributed by atoms with Gasteiger partial charge in [0.1, 0.15) is 0 Å². The molecule has 0 spiro atoms. The molecule has 0 unspecified atom stereocenters. The van der Waals surface area contributed by atoms with Crippen molar-refractivity contribution in [3.8, 4) is 0 Å². The van der Waals surface area contributed by atoms with E-state index in [9.17, 15) is 4.79 Å². The van der Waals surface area contributed by atoms with Crippen LogP contribution < -0.4 is 0 Å². The molecule has 0 atom stereocenters. The molecule has 0 radical (unpaired) electrons. The quantitative estimate of drug-likeness (QED) is 0.541. The Morgan fingerprint density at radius 3 is 3.21 bits per heavy atom. The third-order valence-corrected chi connectivity index (χ3v) is 1.86. The van der Waals surface area contributed by atoms with Crippen LogP contribution in [0.4, 0.5) is 0 Å². The van der Waals surface area contributed by atoms with E-state index in [1.807, 2.05) is 0 Å². The number of fused-ring (bicyclic) bond motifs is 1. The fourth-order valence-corrected chi connectivity index (χ4v) is 1.27. The summed E-state index contributed by atoms with van der Waals surface area (Å²) in [4.78, 5) is 18.3. The number of pyridine rings is 1. The number of rotatable bonds is 2. The number of nitrogens with one attached hydrogen (secondary N) is 1. The Balaban J connectivity index is 2.50. The highest BCUT2D eigenvalue weighted by atomic mass is 16.6. The largest absolute Gasteiger partial charge is 0.435 e. The second-order valence-corrected chi connectivity index (χ2v) is 2.66. The summed E-state index contributed by atoms with van der Waals surface area (Å²) in [6.45, 7) is -0.622. The van der Waals surface area contributed by atoms with Crippen LogP contribution in [0, 0.1) is 0 Å². The van der Waals surface area contributed by atoms with Gasteiger partial charge >= 0.3 is 5.97 Å². The molecular weight excluding hydrogens is 184 g/mol. The van der Waals surface area contributed by atoms with Gasteiger partial charge in [-0.05, 0) is 12.1 Å². The number of aromatic nitrogens is 2. The van der Waals surface area contributed by atoms with Crippen LogP contribution in [0.1, 0.15) is 10.4 Å². The Morgan fingerprint density at radius 1 is 1.57 bits per heavy atom. The van der Waals surface area contributed by atoms with Crippen molar-refractivity contribution < 1.29 is 14.6 Å². The first-order chi connectivity index (χ1) is 6.83. The lowest BCUT2D eigenvalue weighted by Crippen LogP contribution is -2.06. The zero-order valence-corrected chi connectivity index (χ0v) is 7.23. The van der Waals surface area contributed by atoms with E-state index in [0.29, 0.717) is 16.6 Å². The van der Waals surface area contributed by atoms with E-state index in [2.05, 4.69) is 14.7 Å². The fraction of sp³-hybridized carbons (Fsp3) is 0.111. The van der Waals surface area contributed by atoms with Crippen molar-refractivity contribution in [2.45, 2.75) is 0 Å². The normalized spacial score (nSPS) is 10.4. The van der Waals surface area contributed by atoms with Crippen LogP contribution >= 0.6 is 0 Å². The van der Waals surface area contributed by atoms with Gasteiger partial charge in [0.05, 0.1) is 16.6 Å². The Labute approximate surface area is 79.3 Å². The van der Waals surface area contributed by atoms with E-state index in [1.54, 1.807) is 12.3 Å². The molecule has 0 fully saturated rings. The lowest BCUT2D eigenvalue weighted by molar-refractivity contribution is 0.00702. The highest BCUT2D eigenvalue weighted by Gasteiger charge is 2.11. The molecule has 0 aliphatic rings. The third kappa shape index (κ3) is 1.33. The SMILES string of the molecule is O=C(OCO)c1ccnc2cc[nH]c12. The van der Waals surface area contributed by atoms with Gasteiger partial charge in [-0.2, -0.15) is 0 Å². The van der Waals surface area contributed by atoms with Gasteiger partial charge < -0.3 is 14.8 Å². The summed E-state index contributed by atoms with van der Waals surface area (Å²) in [5, 5.41) is 8.45. The summed E-state index contributed by atoms with van der Waals surface area (Å²) in [5.41, 5.74) is 1.68. The Kier molecular flexibility index (Phi) is 2.16. The maximum atomic E-state index is 11.3. The first-order valence-corrected chi connectivity index (χ1v) is 4.03. The third-order valence-electron chi connectivity index (χ3n) is 1.86. The fourth-order valence-electron chi connectivity index (χ4n) is 1.27. The molecule has 5 heteroatoms. The van der Waals surface area contributed by atoms with Gasteiger partial charge in [-0.1, -0.05) is 0 Å². The predicted octanol–water partition coefficient (Wildman–Crippen LogP) is 0.669. The summed E-state index contributed by atoms with van der Waals surface area (Å²) in [6.07, 6.45) is 3.21. The van der Waals surface area contributed by atoms with E-state index in [0.717, 1.165) is 0 Å². The molecule has 14 heavy (non-hydrogen) atoms. The standard InChI is InChI=1S/C9H8N2O3/c12-5-14-9(13)6-1-3-10-7-2-4-11-8(6)7/h1-4,11-12H,5H2. The second-order valence-electron chi connectivity index (χ2n) is 2.66. The molecule has 0 aromatic carbocycles. The molecule has 2 aromatic heterocycles. The lowest BCUT2D eigenvalue weighted by atomic mass is 10.2. The molecule has 2 heterocycles. The molecule has 0 aliphatic carbocycles. The van der Waals surface area contributed by atoms with E-state index < -0.39 is 12.8 Å². The molecule has 0 amide bonds. The smallest absolute Gasteiger partial charge is 0.342 e. The van der Waals surface area contributed by atoms with Crippen LogP contribution in [0.25, 0.3) is 11.0 Å². The Bertz CT molecular complexity index is 464.